The van der Waals surface area contributed by atoms with Gasteiger partial charge in [-0.05, 0) is 37.8 Å². The largest absolute Gasteiger partial charge is 0.393 e. The Balaban J connectivity index is 1.94. The molecular weight excluding hydrogens is 316 g/mol. The molecule has 0 aliphatic carbocycles. The van der Waals surface area contributed by atoms with Crippen LogP contribution >= 0.6 is 23.6 Å². The third kappa shape index (κ3) is 2.29. The zero-order chi connectivity index (χ0) is 14.5. The topological polar surface area (TPSA) is 83.6 Å². The maximum absolute atomic E-state index is 12.8. The van der Waals surface area contributed by atoms with E-state index in [2.05, 4.69) is 0 Å². The second-order valence-corrected chi connectivity index (χ2v) is 8.92. The summed E-state index contributed by atoms with van der Waals surface area (Å²) in [6.45, 7) is 0. The molecule has 0 amide bonds. The first-order chi connectivity index (χ1) is 9.39. The van der Waals surface area contributed by atoms with Crippen molar-refractivity contribution < 1.29 is 13.5 Å². The van der Waals surface area contributed by atoms with Crippen molar-refractivity contribution >= 4 is 38.6 Å². The van der Waals surface area contributed by atoms with Gasteiger partial charge in [0.15, 0.2) is 0 Å². The van der Waals surface area contributed by atoms with Crippen LogP contribution in [-0.2, 0) is 10.0 Å². The zero-order valence-electron chi connectivity index (χ0n) is 10.7. The van der Waals surface area contributed by atoms with Gasteiger partial charge < -0.3 is 10.8 Å². The molecule has 5 nitrogen and oxygen atoms in total. The summed E-state index contributed by atoms with van der Waals surface area (Å²) in [5, 5.41) is 9.77. The first kappa shape index (κ1) is 14.4. The van der Waals surface area contributed by atoms with E-state index in [-0.39, 0.29) is 27.4 Å². The summed E-state index contributed by atoms with van der Waals surface area (Å²) in [5.41, 5.74) is 5.53. The number of aliphatic hydroxyl groups is 1. The predicted octanol–water partition coefficient (Wildman–Crippen LogP) is 1.06. The fourth-order valence-corrected chi connectivity index (χ4v) is 6.54. The molecule has 2 fully saturated rings. The van der Waals surface area contributed by atoms with Gasteiger partial charge in [-0.3, -0.25) is 0 Å². The maximum Gasteiger partial charge on any atom is 0.253 e. The highest BCUT2D eigenvalue weighted by Gasteiger charge is 2.47. The standard InChI is InChI=1S/C12H16N2O3S3/c13-12(18)10-3-4-11(19-10)20(16,17)14-7-1-2-8(14)6-9(15)5-7/h3-4,7-9,15H,1-2,5-6H2,(H2,13,18). The van der Waals surface area contributed by atoms with Crippen LogP contribution < -0.4 is 5.73 Å². The Kier molecular flexibility index (Phi) is 3.62. The van der Waals surface area contributed by atoms with Gasteiger partial charge in [-0.25, -0.2) is 8.42 Å². The molecule has 3 heterocycles. The number of piperidine rings is 1. The van der Waals surface area contributed by atoms with Crippen molar-refractivity contribution in [1.82, 2.24) is 4.31 Å². The molecule has 2 aliphatic rings. The van der Waals surface area contributed by atoms with E-state index in [4.69, 9.17) is 18.0 Å². The van der Waals surface area contributed by atoms with Crippen molar-refractivity contribution in [2.45, 2.75) is 48.1 Å². The summed E-state index contributed by atoms with van der Waals surface area (Å²) in [7, 11) is -3.51. The number of fused-ring (bicyclic) bond motifs is 2. The first-order valence-corrected chi connectivity index (χ1v) is 9.17. The van der Waals surface area contributed by atoms with Crippen molar-refractivity contribution in [1.29, 1.82) is 0 Å². The average Bonchev–Trinajstić information content (AvgIpc) is 2.94. The molecule has 0 saturated carbocycles. The van der Waals surface area contributed by atoms with Gasteiger partial charge in [-0.1, -0.05) is 12.2 Å². The first-order valence-electron chi connectivity index (χ1n) is 6.51. The number of sulfonamides is 1. The molecule has 2 unspecified atom stereocenters. The number of aliphatic hydroxyl groups excluding tert-OH is 1. The number of thiocarbonyl (C=S) groups is 1. The van der Waals surface area contributed by atoms with Gasteiger partial charge in [-0.2, -0.15) is 4.31 Å². The summed E-state index contributed by atoms with van der Waals surface area (Å²) in [6.07, 6.45) is 2.34. The molecule has 2 bridgehead atoms. The number of hydrogen-bond acceptors (Lipinski definition) is 5. The Bertz CT molecular complexity index is 626. The van der Waals surface area contributed by atoms with Crippen LogP contribution in [0.5, 0.6) is 0 Å². The highest BCUT2D eigenvalue weighted by Crippen LogP contribution is 2.40. The van der Waals surface area contributed by atoms with E-state index in [1.807, 2.05) is 0 Å². The quantitative estimate of drug-likeness (QED) is 0.809. The number of hydrogen-bond donors (Lipinski definition) is 2. The van der Waals surface area contributed by atoms with E-state index in [1.54, 1.807) is 16.4 Å². The van der Waals surface area contributed by atoms with Crippen LogP contribution in [0.3, 0.4) is 0 Å². The number of nitrogens with zero attached hydrogens (tertiary/aromatic N) is 1. The van der Waals surface area contributed by atoms with Gasteiger partial charge in [0.2, 0.25) is 0 Å². The summed E-state index contributed by atoms with van der Waals surface area (Å²) >= 11 is 5.99. The van der Waals surface area contributed by atoms with E-state index in [0.717, 1.165) is 24.2 Å². The molecule has 0 spiro atoms. The number of thiophene rings is 1. The Labute approximate surface area is 127 Å². The van der Waals surface area contributed by atoms with Crippen molar-refractivity contribution in [2.75, 3.05) is 0 Å². The Morgan fingerprint density at radius 1 is 1.35 bits per heavy atom. The highest BCUT2D eigenvalue weighted by atomic mass is 32.2. The molecule has 20 heavy (non-hydrogen) atoms. The van der Waals surface area contributed by atoms with Crippen LogP contribution in [0, 0.1) is 0 Å². The second kappa shape index (κ2) is 5.03. The molecule has 8 heteroatoms. The SMILES string of the molecule is NC(=S)c1ccc(S(=O)(=O)N2C3CCC2CC(O)C3)s1. The Hall–Kier alpha value is -0.540. The maximum atomic E-state index is 12.8. The smallest absolute Gasteiger partial charge is 0.253 e. The minimum absolute atomic E-state index is 0.0795. The normalized spacial score (nSPS) is 30.6. The van der Waals surface area contributed by atoms with Crippen LogP contribution in [0.4, 0.5) is 0 Å². The molecule has 2 saturated heterocycles. The monoisotopic (exact) mass is 332 g/mol. The fraction of sp³-hybridized carbons (Fsp3) is 0.583. The summed E-state index contributed by atoms with van der Waals surface area (Å²) in [6, 6.07) is 3.06. The van der Waals surface area contributed by atoms with Crippen molar-refractivity contribution in [3.8, 4) is 0 Å². The number of nitrogens with two attached hydrogens (primary N) is 1. The van der Waals surface area contributed by atoms with E-state index < -0.39 is 10.0 Å². The molecule has 1 aromatic rings. The average molecular weight is 332 g/mol. The van der Waals surface area contributed by atoms with E-state index in [9.17, 15) is 13.5 Å². The summed E-state index contributed by atoms with van der Waals surface area (Å²) < 4.78 is 27.4. The molecule has 2 aliphatic heterocycles. The predicted molar refractivity (Wildman–Crippen MR) is 81.3 cm³/mol. The van der Waals surface area contributed by atoms with Gasteiger partial charge in [0.1, 0.15) is 9.20 Å². The van der Waals surface area contributed by atoms with Gasteiger partial charge >= 0.3 is 0 Å². The second-order valence-electron chi connectivity index (χ2n) is 5.33. The zero-order valence-corrected chi connectivity index (χ0v) is 13.2. The van der Waals surface area contributed by atoms with Gasteiger partial charge in [-0.15, -0.1) is 11.3 Å². The summed E-state index contributed by atoms with van der Waals surface area (Å²) in [5.74, 6) is 0. The molecule has 110 valence electrons. The molecule has 3 N–H and O–H groups in total. The van der Waals surface area contributed by atoms with E-state index in [0.29, 0.717) is 17.7 Å². The third-order valence-electron chi connectivity index (χ3n) is 4.00. The molecule has 0 radical (unpaired) electrons. The third-order valence-corrected chi connectivity index (χ3v) is 7.94. The van der Waals surface area contributed by atoms with Gasteiger partial charge in [0.05, 0.1) is 11.0 Å². The van der Waals surface area contributed by atoms with Crippen molar-refractivity contribution in [3.63, 3.8) is 0 Å². The summed E-state index contributed by atoms with van der Waals surface area (Å²) in [4.78, 5) is 0.830. The molecule has 0 aromatic carbocycles. The van der Waals surface area contributed by atoms with Crippen LogP contribution in [0.15, 0.2) is 16.3 Å². The van der Waals surface area contributed by atoms with Crippen LogP contribution in [-0.4, -0.2) is 41.0 Å². The Morgan fingerprint density at radius 2 is 1.95 bits per heavy atom. The van der Waals surface area contributed by atoms with Gasteiger partial charge in [0.25, 0.3) is 10.0 Å². The minimum Gasteiger partial charge on any atom is -0.393 e. The van der Waals surface area contributed by atoms with Crippen LogP contribution in [0.2, 0.25) is 0 Å². The van der Waals surface area contributed by atoms with E-state index in [1.165, 1.54) is 0 Å². The lowest BCUT2D eigenvalue weighted by Crippen LogP contribution is -2.47. The Morgan fingerprint density at radius 3 is 2.45 bits per heavy atom. The lowest BCUT2D eigenvalue weighted by Gasteiger charge is -2.35. The molecular formula is C12H16N2O3S3. The lowest BCUT2D eigenvalue weighted by atomic mass is 10.0. The number of rotatable bonds is 3. The fourth-order valence-electron chi connectivity index (χ4n) is 3.19. The van der Waals surface area contributed by atoms with Crippen molar-refractivity contribution in [3.05, 3.63) is 17.0 Å². The lowest BCUT2D eigenvalue weighted by molar-refractivity contribution is 0.0769. The molecule has 3 rings (SSSR count). The van der Waals surface area contributed by atoms with Crippen LogP contribution in [0.1, 0.15) is 30.6 Å². The molecule has 1 aromatic heterocycles. The van der Waals surface area contributed by atoms with E-state index >= 15 is 0 Å². The van der Waals surface area contributed by atoms with Crippen molar-refractivity contribution in [2.24, 2.45) is 5.73 Å². The van der Waals surface area contributed by atoms with Crippen LogP contribution in [0.25, 0.3) is 0 Å². The van der Waals surface area contributed by atoms with Gasteiger partial charge in [0, 0.05) is 12.1 Å². The highest BCUT2D eigenvalue weighted by molar-refractivity contribution is 7.91. The molecule has 2 atom stereocenters. The minimum atomic E-state index is -3.51.